The largest absolute Gasteiger partial charge is 0.513 e. The van der Waals surface area contributed by atoms with Crippen molar-refractivity contribution in [2.45, 2.75) is 98.6 Å². The van der Waals surface area contributed by atoms with Crippen LogP contribution in [0.4, 0.5) is 0 Å². The second kappa shape index (κ2) is 28.8. The molecule has 0 amide bonds. The van der Waals surface area contributed by atoms with E-state index in [2.05, 4.69) is 6.58 Å². The molecule has 0 aliphatic heterocycles. The minimum atomic E-state index is -2.01. The van der Waals surface area contributed by atoms with E-state index in [1.807, 2.05) is 0 Å². The molecule has 0 bridgehead atoms. The Hall–Kier alpha value is -0.980. The maximum absolute atomic E-state index is 11.2. The van der Waals surface area contributed by atoms with Crippen LogP contribution in [-0.2, 0) is 102 Å². The van der Waals surface area contributed by atoms with Crippen LogP contribution in [0.5, 0.6) is 0 Å². The van der Waals surface area contributed by atoms with Gasteiger partial charge in [-0.05, 0) is 42.3 Å². The summed E-state index contributed by atoms with van der Waals surface area (Å²) >= 11 is 0. The summed E-state index contributed by atoms with van der Waals surface area (Å²) in [5.74, 6) is -5.42. The van der Waals surface area contributed by atoms with Crippen molar-refractivity contribution in [3.63, 3.8) is 0 Å². The number of carboxylic acid groups (broad SMARTS) is 5. The Balaban J connectivity index is -0.00000105. The van der Waals surface area contributed by atoms with E-state index in [9.17, 15) is 59.7 Å². The first-order chi connectivity index (χ1) is 26.7. The molecule has 0 saturated heterocycles. The van der Waals surface area contributed by atoms with Crippen molar-refractivity contribution in [2.24, 2.45) is 0 Å². The number of aliphatic hydroxyl groups excluding tert-OH is 5. The first kappa shape index (κ1) is 64.3. The fourth-order valence-electron chi connectivity index (χ4n) is 7.67. The molecular weight excluding hydrogens is 1310 g/mol. The van der Waals surface area contributed by atoms with E-state index in [4.69, 9.17) is 25.5 Å². The number of aliphatic carboxylic acids is 5. The Bertz CT molecular complexity index is 1300. The van der Waals surface area contributed by atoms with Crippen LogP contribution in [0.2, 0.25) is 0 Å². The van der Waals surface area contributed by atoms with Crippen molar-refractivity contribution < 1.29 is 163 Å². The Labute approximate surface area is 411 Å². The first-order valence-electron chi connectivity index (χ1n) is 18.5. The fraction of sp³-hybridized carbons (Fsp3) is 0.800. The monoisotopic (exact) mass is 1380 g/mol. The van der Waals surface area contributed by atoms with Gasteiger partial charge in [0.1, 0.15) is 12.1 Å². The van der Waals surface area contributed by atoms with E-state index in [0.29, 0.717) is 0 Å². The molecule has 4 atom stereocenters. The third-order valence-electron chi connectivity index (χ3n) is 11.0. The zero-order chi connectivity index (χ0) is 45.0. The zero-order valence-electron chi connectivity index (χ0n) is 35.4. The number of aliphatic hydroxyl groups is 7. The molecule has 26 heteroatoms. The van der Waals surface area contributed by atoms with Gasteiger partial charge in [0.15, 0.2) is 11.4 Å². The topological polar surface area (TPSA) is 348 Å². The average molecular weight is 1380 g/mol. The van der Waals surface area contributed by atoms with Crippen molar-refractivity contribution in [3.8, 4) is 0 Å². The Morgan fingerprint density at radius 1 is 0.443 bits per heavy atom. The normalized spacial score (nSPS) is 28.2. The minimum Gasteiger partial charge on any atom is -0.513 e. The summed E-state index contributed by atoms with van der Waals surface area (Å²) in [5, 5.41) is 120. The molecular formula is C35H64Hf3N6O17. The molecule has 4 unspecified atom stereocenters. The Morgan fingerprint density at radius 2 is 0.672 bits per heavy atom. The standard InChI is InChI=1S/C18H33N3O9.C17H31N3O8.3Hf/c1-19(7-4-10(22)23)13-16(28)14(20(2)8-5-11(24)25)18(30)15(17(13)29)21(3)9-6-12(26)27;1-11(21)5-9-19(3)16(27)14(18(2)8-6-12(22)23)17(28,15(16)26)20(4)10-7-13(24)25;;;/h13-18,28-30H,4-9H2,1-3H3,(H,22,23)(H,24,25)(H,26,27);14-15,21,26-28H,1,5-10H2,2-4H3,(H,22,23)(H,24,25);;;. The summed E-state index contributed by atoms with van der Waals surface area (Å²) in [6, 6.07) is -4.02. The molecule has 0 aromatic heterocycles. The van der Waals surface area contributed by atoms with Crippen LogP contribution in [0.25, 0.3) is 0 Å². The van der Waals surface area contributed by atoms with E-state index in [0.717, 1.165) is 0 Å². The van der Waals surface area contributed by atoms with Gasteiger partial charge < -0.3 is 61.3 Å². The molecule has 2 rings (SSSR count). The third kappa shape index (κ3) is 17.4. The number of carboxylic acids is 5. The van der Waals surface area contributed by atoms with Gasteiger partial charge in [-0.2, -0.15) is 0 Å². The van der Waals surface area contributed by atoms with E-state index in [1.54, 1.807) is 21.1 Å². The van der Waals surface area contributed by atoms with Gasteiger partial charge in [0.05, 0.1) is 74.3 Å². The minimum absolute atomic E-state index is 0. The third-order valence-corrected chi connectivity index (χ3v) is 11.0. The quantitative estimate of drug-likeness (QED) is 0.0247. The van der Waals surface area contributed by atoms with Crippen molar-refractivity contribution >= 4 is 29.8 Å². The van der Waals surface area contributed by atoms with Gasteiger partial charge in [-0.25, -0.2) is 0 Å². The summed E-state index contributed by atoms with van der Waals surface area (Å²) in [6.07, 6.45) is -6.75. The van der Waals surface area contributed by atoms with Crippen molar-refractivity contribution in [1.29, 1.82) is 0 Å². The van der Waals surface area contributed by atoms with Gasteiger partial charge in [0.2, 0.25) is 0 Å². The fourth-order valence-corrected chi connectivity index (χ4v) is 7.67. The van der Waals surface area contributed by atoms with Crippen molar-refractivity contribution in [2.75, 3.05) is 81.6 Å². The van der Waals surface area contributed by atoms with Gasteiger partial charge in [0, 0.05) is 123 Å². The molecule has 0 radical (unpaired) electrons. The molecule has 2 aliphatic rings. The summed E-state index contributed by atoms with van der Waals surface area (Å²) < 4.78 is 0. The van der Waals surface area contributed by atoms with E-state index >= 15 is 0 Å². The number of hydrogen-bond acceptors (Lipinski definition) is 18. The maximum atomic E-state index is 11.2. The van der Waals surface area contributed by atoms with Crippen LogP contribution in [-0.4, -0.2) is 262 Å². The van der Waals surface area contributed by atoms with Crippen LogP contribution < -0.4 is 0 Å². The van der Waals surface area contributed by atoms with E-state index in [1.165, 1.54) is 50.5 Å². The van der Waals surface area contributed by atoms with Crippen LogP contribution in [0.3, 0.4) is 0 Å². The van der Waals surface area contributed by atoms with E-state index < -0.39 is 89.9 Å². The molecule has 0 heterocycles. The molecule has 348 valence electrons. The molecule has 0 aromatic rings. The van der Waals surface area contributed by atoms with Gasteiger partial charge in [-0.3, -0.25) is 53.4 Å². The Kier molecular flexibility index (Phi) is 30.4. The van der Waals surface area contributed by atoms with Crippen molar-refractivity contribution in [1.82, 2.24) is 29.4 Å². The molecule has 2 aliphatic carbocycles. The summed E-state index contributed by atoms with van der Waals surface area (Å²) in [7, 11) is 9.03. The number of likely N-dealkylation sites (N-methyl/N-ethyl adjacent to an activating group) is 6. The van der Waals surface area contributed by atoms with Gasteiger partial charge in [0.25, 0.3) is 0 Å². The van der Waals surface area contributed by atoms with Crippen LogP contribution in [0.15, 0.2) is 12.3 Å². The SMILES string of the molecule is C=C(O)CCN(C)C1(O)C(O)C(O)(N(C)CCC(=O)O)C1N(C)CCC(=O)O.CN(CCC(=O)O)C1C(O)C(N(C)CCC(=O)O)C(O)C(N(C)CCC(=O)O)C1O.[Hf].[Hf].[Hf]. The Morgan fingerprint density at radius 3 is 0.918 bits per heavy atom. The summed E-state index contributed by atoms with van der Waals surface area (Å²) in [6.45, 7) is 3.45. The number of carbonyl (C=O) groups is 5. The molecule has 0 spiro atoms. The molecule has 12 N–H and O–H groups in total. The van der Waals surface area contributed by atoms with Gasteiger partial charge in [-0.1, -0.05) is 6.58 Å². The van der Waals surface area contributed by atoms with Gasteiger partial charge >= 0.3 is 29.8 Å². The molecule has 0 aromatic carbocycles. The average Bonchev–Trinajstić information content (AvgIpc) is 3.12. The number of nitrogens with zero attached hydrogens (tertiary/aromatic N) is 6. The first-order valence-corrected chi connectivity index (χ1v) is 18.5. The molecule has 2 fully saturated rings. The molecule has 23 nitrogen and oxygen atoms in total. The predicted octanol–water partition coefficient (Wildman–Crippen LogP) is -4.29. The molecule has 2 saturated carbocycles. The van der Waals surface area contributed by atoms with Crippen LogP contribution >= 0.6 is 0 Å². The summed E-state index contributed by atoms with van der Waals surface area (Å²) in [5.41, 5.74) is -3.98. The van der Waals surface area contributed by atoms with Crippen molar-refractivity contribution in [3.05, 3.63) is 12.3 Å². The second-order valence-corrected chi connectivity index (χ2v) is 15.1. The van der Waals surface area contributed by atoms with E-state index in [-0.39, 0.29) is 161 Å². The summed E-state index contributed by atoms with van der Waals surface area (Å²) in [4.78, 5) is 63.0. The van der Waals surface area contributed by atoms with Gasteiger partial charge in [-0.15, -0.1) is 0 Å². The zero-order valence-corrected chi connectivity index (χ0v) is 46.2. The molecule has 61 heavy (non-hydrogen) atoms. The predicted molar refractivity (Wildman–Crippen MR) is 203 cm³/mol. The number of rotatable bonds is 24. The number of hydrogen-bond donors (Lipinski definition) is 12. The maximum Gasteiger partial charge on any atom is 0.304 e. The second-order valence-electron chi connectivity index (χ2n) is 15.1. The van der Waals surface area contributed by atoms with Crippen LogP contribution in [0, 0.1) is 0 Å². The van der Waals surface area contributed by atoms with Crippen LogP contribution in [0.1, 0.15) is 38.5 Å². The smallest absolute Gasteiger partial charge is 0.304 e.